The van der Waals surface area contributed by atoms with Crippen molar-refractivity contribution in [2.75, 3.05) is 10.2 Å². The predicted octanol–water partition coefficient (Wildman–Crippen LogP) is 4.76. The molecule has 2 amide bonds. The molecule has 134 valence electrons. The van der Waals surface area contributed by atoms with E-state index < -0.39 is 0 Å². The largest absolute Gasteiger partial charge is 0.350 e. The van der Waals surface area contributed by atoms with Crippen LogP contribution < -0.4 is 10.2 Å². The Balaban J connectivity index is 1.82. The fourth-order valence-electron chi connectivity index (χ4n) is 3.20. The average molecular weight is 374 g/mol. The van der Waals surface area contributed by atoms with Crippen molar-refractivity contribution < 1.29 is 9.59 Å². The number of rotatable bonds is 4. The number of anilines is 2. The predicted molar refractivity (Wildman–Crippen MR) is 110 cm³/mol. The van der Waals surface area contributed by atoms with Gasteiger partial charge in [-0.1, -0.05) is 36.4 Å². The first-order valence-electron chi connectivity index (χ1n) is 8.62. The van der Waals surface area contributed by atoms with E-state index in [1.165, 1.54) is 16.2 Å². The minimum Gasteiger partial charge on any atom is -0.350 e. The zero-order valence-electron chi connectivity index (χ0n) is 15.0. The highest BCUT2D eigenvalue weighted by Crippen LogP contribution is 2.36. The first-order valence-corrected chi connectivity index (χ1v) is 9.50. The Morgan fingerprint density at radius 2 is 1.70 bits per heavy atom. The van der Waals surface area contributed by atoms with E-state index in [2.05, 4.69) is 5.32 Å². The third-order valence-corrected chi connectivity index (χ3v) is 5.38. The second kappa shape index (κ2) is 6.85. The maximum atomic E-state index is 13.3. The number of hydrogen-bond acceptors (Lipinski definition) is 4. The summed E-state index contributed by atoms with van der Waals surface area (Å²) in [6.45, 7) is 3.88. The van der Waals surface area contributed by atoms with Gasteiger partial charge < -0.3 is 5.32 Å². The maximum Gasteiger partial charge on any atom is 0.282 e. The Bertz CT molecular complexity index is 1070. The molecule has 0 bridgehead atoms. The molecule has 1 N–H and O–H groups in total. The maximum absolute atomic E-state index is 13.3. The van der Waals surface area contributed by atoms with Crippen molar-refractivity contribution in [3.63, 3.8) is 0 Å². The first-order chi connectivity index (χ1) is 13.1. The minimum absolute atomic E-state index is 0.299. The van der Waals surface area contributed by atoms with Gasteiger partial charge in [-0.3, -0.25) is 9.59 Å². The molecule has 1 aliphatic heterocycles. The van der Waals surface area contributed by atoms with Gasteiger partial charge in [0.1, 0.15) is 5.70 Å². The van der Waals surface area contributed by atoms with Gasteiger partial charge in [0.25, 0.3) is 11.8 Å². The van der Waals surface area contributed by atoms with Gasteiger partial charge in [0.2, 0.25) is 0 Å². The molecule has 0 unspecified atom stereocenters. The number of nitrogens with one attached hydrogen (secondary N) is 1. The number of benzene rings is 2. The molecule has 5 heteroatoms. The van der Waals surface area contributed by atoms with Crippen molar-refractivity contribution in [3.05, 3.63) is 87.7 Å². The number of nitrogens with zero attached hydrogens (tertiary/aromatic N) is 1. The lowest BCUT2D eigenvalue weighted by Crippen LogP contribution is -2.32. The van der Waals surface area contributed by atoms with Gasteiger partial charge in [-0.15, -0.1) is 11.3 Å². The van der Waals surface area contributed by atoms with E-state index in [0.717, 1.165) is 21.7 Å². The van der Waals surface area contributed by atoms with Crippen LogP contribution in [0, 0.1) is 13.8 Å². The fourth-order valence-corrected chi connectivity index (χ4v) is 3.96. The van der Waals surface area contributed by atoms with Crippen LogP contribution >= 0.6 is 11.3 Å². The Hall–Kier alpha value is -3.18. The van der Waals surface area contributed by atoms with E-state index in [9.17, 15) is 9.59 Å². The lowest BCUT2D eigenvalue weighted by atomic mass is 10.1. The van der Waals surface area contributed by atoms with Crippen LogP contribution in [0.4, 0.5) is 11.4 Å². The van der Waals surface area contributed by atoms with Crippen molar-refractivity contribution in [1.82, 2.24) is 0 Å². The summed E-state index contributed by atoms with van der Waals surface area (Å²) >= 11 is 1.45. The lowest BCUT2D eigenvalue weighted by Gasteiger charge is -2.17. The van der Waals surface area contributed by atoms with E-state index in [1.54, 1.807) is 6.07 Å². The number of thiophene rings is 1. The highest BCUT2D eigenvalue weighted by atomic mass is 32.1. The van der Waals surface area contributed by atoms with Crippen LogP contribution in [0.25, 0.3) is 5.57 Å². The number of hydrogen-bond donors (Lipinski definition) is 1. The quantitative estimate of drug-likeness (QED) is 0.670. The fraction of sp³-hybridized carbons (Fsp3) is 0.0909. The van der Waals surface area contributed by atoms with Crippen LogP contribution in [-0.2, 0) is 9.59 Å². The molecule has 0 radical (unpaired) electrons. The molecule has 0 fully saturated rings. The molecule has 4 nitrogen and oxygen atoms in total. The molecule has 0 atom stereocenters. The van der Waals surface area contributed by atoms with Crippen LogP contribution in [0.5, 0.6) is 0 Å². The van der Waals surface area contributed by atoms with Crippen LogP contribution in [-0.4, -0.2) is 11.8 Å². The number of carbonyl (C=O) groups excluding carboxylic acids is 2. The summed E-state index contributed by atoms with van der Waals surface area (Å²) in [5, 5.41) is 5.10. The topological polar surface area (TPSA) is 49.4 Å². The summed E-state index contributed by atoms with van der Waals surface area (Å²) in [5.41, 5.74) is 4.08. The lowest BCUT2D eigenvalue weighted by molar-refractivity contribution is -0.120. The second-order valence-corrected chi connectivity index (χ2v) is 7.40. The highest BCUT2D eigenvalue weighted by Gasteiger charge is 2.41. The third-order valence-electron chi connectivity index (χ3n) is 4.50. The van der Waals surface area contributed by atoms with Crippen molar-refractivity contribution in [2.45, 2.75) is 13.8 Å². The van der Waals surface area contributed by atoms with Crippen LogP contribution in [0.3, 0.4) is 0 Å². The van der Waals surface area contributed by atoms with Gasteiger partial charge in [-0.25, -0.2) is 4.90 Å². The van der Waals surface area contributed by atoms with Crippen LogP contribution in [0.1, 0.15) is 16.0 Å². The van der Waals surface area contributed by atoms with Crippen molar-refractivity contribution in [3.8, 4) is 0 Å². The Kier molecular flexibility index (Phi) is 4.38. The van der Waals surface area contributed by atoms with Crippen molar-refractivity contribution in [2.24, 2.45) is 0 Å². The molecule has 0 aliphatic carbocycles. The third kappa shape index (κ3) is 3.06. The molecule has 0 saturated carbocycles. The highest BCUT2D eigenvalue weighted by molar-refractivity contribution is 7.11. The molecule has 0 spiro atoms. The Morgan fingerprint density at radius 3 is 2.41 bits per heavy atom. The molecule has 1 aliphatic rings. The summed E-state index contributed by atoms with van der Waals surface area (Å²) < 4.78 is 0. The zero-order valence-corrected chi connectivity index (χ0v) is 15.8. The van der Waals surface area contributed by atoms with Crippen molar-refractivity contribution in [1.29, 1.82) is 0 Å². The summed E-state index contributed by atoms with van der Waals surface area (Å²) in [6, 6.07) is 18.9. The van der Waals surface area contributed by atoms with E-state index in [-0.39, 0.29) is 11.8 Å². The number of aryl methyl sites for hydroxylation is 2. The standard InChI is InChI=1S/C22H18N2O2S/c1-14-7-5-9-16(13-14)23-20-19(18-11-6-12-27-18)21(25)24(22(20)26)17-10-4-3-8-15(17)2/h3-13,23H,1-2H3. The van der Waals surface area contributed by atoms with E-state index >= 15 is 0 Å². The van der Waals surface area contributed by atoms with E-state index in [4.69, 9.17) is 0 Å². The van der Waals surface area contributed by atoms with Crippen LogP contribution in [0.15, 0.2) is 71.7 Å². The summed E-state index contributed by atoms with van der Waals surface area (Å²) in [4.78, 5) is 28.5. The number of amides is 2. The first kappa shape index (κ1) is 17.2. The summed E-state index contributed by atoms with van der Waals surface area (Å²) in [6.07, 6.45) is 0. The summed E-state index contributed by atoms with van der Waals surface area (Å²) in [5.74, 6) is -0.633. The molecule has 2 heterocycles. The monoisotopic (exact) mass is 374 g/mol. The van der Waals surface area contributed by atoms with Crippen LogP contribution in [0.2, 0.25) is 0 Å². The molecule has 4 rings (SSSR count). The molecular weight excluding hydrogens is 356 g/mol. The number of carbonyl (C=O) groups is 2. The van der Waals surface area contributed by atoms with Gasteiger partial charge in [-0.05, 0) is 54.6 Å². The number of para-hydroxylation sites is 1. The van der Waals surface area contributed by atoms with Gasteiger partial charge in [0.15, 0.2) is 0 Å². The van der Waals surface area contributed by atoms with Gasteiger partial charge >= 0.3 is 0 Å². The molecule has 2 aromatic carbocycles. The average Bonchev–Trinajstić information content (AvgIpc) is 3.24. The van der Waals surface area contributed by atoms with Gasteiger partial charge in [0, 0.05) is 10.6 Å². The normalized spacial score (nSPS) is 14.2. The second-order valence-electron chi connectivity index (χ2n) is 6.45. The summed E-state index contributed by atoms with van der Waals surface area (Å²) in [7, 11) is 0. The van der Waals surface area contributed by atoms with Crippen molar-refractivity contribution >= 4 is 40.1 Å². The minimum atomic E-state index is -0.334. The molecule has 1 aromatic heterocycles. The molecule has 3 aromatic rings. The molecular formula is C22H18N2O2S. The molecule has 27 heavy (non-hydrogen) atoms. The Labute approximate surface area is 161 Å². The van der Waals surface area contributed by atoms with E-state index in [0.29, 0.717) is 17.0 Å². The smallest absolute Gasteiger partial charge is 0.282 e. The van der Waals surface area contributed by atoms with Gasteiger partial charge in [-0.2, -0.15) is 0 Å². The van der Waals surface area contributed by atoms with E-state index in [1.807, 2.05) is 73.8 Å². The zero-order chi connectivity index (χ0) is 19.0. The number of imide groups is 1. The SMILES string of the molecule is Cc1cccc(NC2=C(c3cccs3)C(=O)N(c3ccccc3C)C2=O)c1. The molecule has 0 saturated heterocycles. The van der Waals surface area contributed by atoms with Gasteiger partial charge in [0.05, 0.1) is 11.3 Å². The Morgan fingerprint density at radius 1 is 0.889 bits per heavy atom.